The molecule has 4 fully saturated rings. The van der Waals surface area contributed by atoms with E-state index in [0.717, 1.165) is 44.9 Å². The van der Waals surface area contributed by atoms with Crippen molar-refractivity contribution in [3.63, 3.8) is 0 Å². The van der Waals surface area contributed by atoms with E-state index in [-0.39, 0.29) is 46.9 Å². The van der Waals surface area contributed by atoms with Crippen molar-refractivity contribution >= 4 is 11.7 Å². The van der Waals surface area contributed by atoms with Crippen molar-refractivity contribution in [1.29, 1.82) is 0 Å². The molecule has 0 aromatic rings. The Morgan fingerprint density at radius 2 is 1.62 bits per heavy atom. The first kappa shape index (κ1) is 31.6. The summed E-state index contributed by atoms with van der Waals surface area (Å²) in [6.45, 7) is 8.89. The molecule has 12 atom stereocenters. The van der Waals surface area contributed by atoms with Crippen LogP contribution in [0.25, 0.3) is 0 Å². The number of terminal acetylenes is 1. The molecule has 4 aliphatic carbocycles. The third kappa shape index (κ3) is 5.83. The van der Waals surface area contributed by atoms with E-state index >= 15 is 0 Å². The number of amides is 1. The van der Waals surface area contributed by atoms with E-state index in [0.29, 0.717) is 55.8 Å². The van der Waals surface area contributed by atoms with Crippen LogP contribution in [0.4, 0.5) is 0 Å². The predicted octanol–water partition coefficient (Wildman–Crippen LogP) is 4.79. The van der Waals surface area contributed by atoms with Crippen LogP contribution in [-0.4, -0.2) is 57.0 Å². The number of Topliss-reactive ketones (excluding diaryl/α,β-unsaturated/α-hetero) is 1. The molecule has 8 nitrogen and oxygen atoms in total. The molecule has 1 aliphatic heterocycles. The van der Waals surface area contributed by atoms with Gasteiger partial charge in [0, 0.05) is 19.3 Å². The Hall–Kier alpha value is -1.82. The number of carbonyl (C=O) groups is 2. The maximum atomic E-state index is 13.1. The summed E-state index contributed by atoms with van der Waals surface area (Å²) in [6, 6.07) is -0.557. The largest absolute Gasteiger partial charge is 0.393 e. The van der Waals surface area contributed by atoms with Crippen LogP contribution in [0.15, 0.2) is 10.2 Å². The van der Waals surface area contributed by atoms with Gasteiger partial charge in [-0.3, -0.25) is 9.59 Å². The third-order valence-corrected chi connectivity index (χ3v) is 12.9. The van der Waals surface area contributed by atoms with E-state index in [2.05, 4.69) is 42.2 Å². The van der Waals surface area contributed by atoms with Gasteiger partial charge in [0.25, 0.3) is 0 Å². The number of nitrogens with one attached hydrogen (secondary N) is 1. The van der Waals surface area contributed by atoms with Crippen LogP contribution in [-0.2, 0) is 9.59 Å². The van der Waals surface area contributed by atoms with Crippen molar-refractivity contribution in [2.75, 3.05) is 0 Å². The van der Waals surface area contributed by atoms with Crippen molar-refractivity contribution in [1.82, 2.24) is 5.32 Å². The molecule has 0 aromatic carbocycles. The van der Waals surface area contributed by atoms with E-state index in [1.807, 2.05) is 6.92 Å². The number of aliphatic hydroxyl groups excluding tert-OH is 3. The lowest BCUT2D eigenvalue weighted by molar-refractivity contribution is -0.223. The fourth-order valence-electron chi connectivity index (χ4n) is 10.3. The van der Waals surface area contributed by atoms with E-state index in [9.17, 15) is 24.9 Å². The number of rotatable bonds is 11. The highest BCUT2D eigenvalue weighted by molar-refractivity contribution is 5.89. The summed E-state index contributed by atoms with van der Waals surface area (Å²) in [5.74, 6) is 3.93. The Labute approximate surface area is 251 Å². The third-order valence-electron chi connectivity index (χ3n) is 12.9. The van der Waals surface area contributed by atoms with Gasteiger partial charge in [-0.1, -0.05) is 20.8 Å². The minimum absolute atomic E-state index is 0.0295. The number of aliphatic hydroxyl groups is 3. The zero-order valence-electron chi connectivity index (χ0n) is 26.1. The summed E-state index contributed by atoms with van der Waals surface area (Å²) < 4.78 is 0. The van der Waals surface area contributed by atoms with Gasteiger partial charge < -0.3 is 20.6 Å². The van der Waals surface area contributed by atoms with Gasteiger partial charge in [0.05, 0.1) is 24.4 Å². The highest BCUT2D eigenvalue weighted by Gasteiger charge is 2.65. The first-order chi connectivity index (χ1) is 19.8. The second kappa shape index (κ2) is 11.9. The predicted molar refractivity (Wildman–Crippen MR) is 160 cm³/mol. The molecule has 5 aliphatic rings. The van der Waals surface area contributed by atoms with Crippen LogP contribution in [0.1, 0.15) is 111 Å². The van der Waals surface area contributed by atoms with Gasteiger partial charge in [-0.25, -0.2) is 0 Å². The summed E-state index contributed by atoms with van der Waals surface area (Å²) in [5.41, 5.74) is -0.398. The molecule has 0 bridgehead atoms. The van der Waals surface area contributed by atoms with Gasteiger partial charge >= 0.3 is 0 Å². The van der Waals surface area contributed by atoms with Gasteiger partial charge in [0.1, 0.15) is 0 Å². The number of carbonyl (C=O) groups excluding carboxylic acids is 2. The molecular formula is C34H53N3O5. The molecule has 234 valence electrons. The van der Waals surface area contributed by atoms with E-state index in [4.69, 9.17) is 6.42 Å². The summed E-state index contributed by atoms with van der Waals surface area (Å²) in [5, 5.41) is 44.3. The summed E-state index contributed by atoms with van der Waals surface area (Å²) >= 11 is 0. The lowest BCUT2D eigenvalue weighted by Gasteiger charge is -2.63. The minimum Gasteiger partial charge on any atom is -0.393 e. The van der Waals surface area contributed by atoms with Crippen LogP contribution < -0.4 is 5.32 Å². The monoisotopic (exact) mass is 583 g/mol. The lowest BCUT2D eigenvalue weighted by atomic mass is 9.43. The van der Waals surface area contributed by atoms with Gasteiger partial charge in [-0.05, 0) is 117 Å². The molecule has 8 heteroatoms. The SMILES string of the molecule is C#CCCC(=O)C(CCC1(C)N=N1)NC(=O)CC[C@@H](C)[C@H]1CC[C@H]2[C@@H]3C(O)C(O)[C@@H]4C[C@H](O)CC[C@]4(C)[C@H]3CC[C@]12C. The second-order valence-electron chi connectivity index (χ2n) is 15.3. The zero-order valence-corrected chi connectivity index (χ0v) is 26.1. The van der Waals surface area contributed by atoms with Crippen molar-refractivity contribution in [2.24, 2.45) is 56.6 Å². The van der Waals surface area contributed by atoms with Gasteiger partial charge in [0.15, 0.2) is 11.4 Å². The number of fused-ring (bicyclic) bond motifs is 5. The molecule has 0 spiro atoms. The summed E-state index contributed by atoms with van der Waals surface area (Å²) in [7, 11) is 0. The normalized spacial score (nSPS) is 42.8. The average molecular weight is 584 g/mol. The molecule has 5 rings (SSSR count). The molecule has 1 amide bonds. The molecular weight excluding hydrogens is 530 g/mol. The fraction of sp³-hybridized carbons (Fsp3) is 0.882. The molecule has 0 radical (unpaired) electrons. The van der Waals surface area contributed by atoms with Gasteiger partial charge in [0.2, 0.25) is 5.91 Å². The maximum Gasteiger partial charge on any atom is 0.220 e. The fourth-order valence-corrected chi connectivity index (χ4v) is 10.3. The lowest BCUT2D eigenvalue weighted by Crippen LogP contribution is -2.64. The van der Waals surface area contributed by atoms with Crippen LogP contribution in [0, 0.1) is 58.7 Å². The Kier molecular flexibility index (Phi) is 8.98. The highest BCUT2D eigenvalue weighted by Crippen LogP contribution is 2.68. The van der Waals surface area contributed by atoms with Gasteiger partial charge in [-0.15, -0.1) is 12.3 Å². The molecule has 4 N–H and O–H groups in total. The first-order valence-electron chi connectivity index (χ1n) is 16.6. The van der Waals surface area contributed by atoms with Crippen molar-refractivity contribution < 1.29 is 24.9 Å². The molecule has 3 unspecified atom stereocenters. The standard InChI is InChI=1S/C34H53N3O5/c1-6-7-8-27(39)26(15-18-34(5)36-37-34)35-28(40)12-9-20(2)22-10-11-23-29-24(14-17-32(22,23)3)33(4)16-13-21(38)19-25(33)30(41)31(29)42/h1,20-26,29-31,38,41-42H,7-19H2,2-5H3,(H,35,40)/t20-,21-,22-,23+,24+,25+,26?,29+,30?,31?,32-,33-/m1/s1. The van der Waals surface area contributed by atoms with Crippen LogP contribution in [0.2, 0.25) is 0 Å². The maximum absolute atomic E-state index is 13.1. The van der Waals surface area contributed by atoms with Crippen molar-refractivity contribution in [3.05, 3.63) is 0 Å². The second-order valence-corrected chi connectivity index (χ2v) is 15.3. The van der Waals surface area contributed by atoms with E-state index < -0.39 is 23.9 Å². The summed E-state index contributed by atoms with van der Waals surface area (Å²) in [6.07, 6.45) is 12.9. The summed E-state index contributed by atoms with van der Waals surface area (Å²) in [4.78, 5) is 25.9. The zero-order chi connectivity index (χ0) is 30.4. The topological polar surface area (TPSA) is 132 Å². The van der Waals surface area contributed by atoms with Crippen molar-refractivity contribution in [3.8, 4) is 12.3 Å². The van der Waals surface area contributed by atoms with Gasteiger partial charge in [-0.2, -0.15) is 10.2 Å². The Balaban J connectivity index is 1.20. The Morgan fingerprint density at radius 1 is 0.929 bits per heavy atom. The number of hydrogen-bond acceptors (Lipinski definition) is 7. The van der Waals surface area contributed by atoms with Crippen LogP contribution in [0.5, 0.6) is 0 Å². The Bertz CT molecular complexity index is 1100. The number of hydrogen-bond donors (Lipinski definition) is 4. The first-order valence-corrected chi connectivity index (χ1v) is 16.6. The molecule has 42 heavy (non-hydrogen) atoms. The molecule has 1 heterocycles. The number of nitrogens with zero attached hydrogens (tertiary/aromatic N) is 2. The highest BCUT2D eigenvalue weighted by atomic mass is 16.3. The molecule has 0 aromatic heterocycles. The van der Waals surface area contributed by atoms with Crippen LogP contribution in [0.3, 0.4) is 0 Å². The van der Waals surface area contributed by atoms with E-state index in [1.165, 1.54) is 0 Å². The quantitative estimate of drug-likeness (QED) is 0.260. The average Bonchev–Trinajstić information content (AvgIpc) is 3.59. The molecule has 4 saturated carbocycles. The van der Waals surface area contributed by atoms with E-state index in [1.54, 1.807) is 0 Å². The minimum atomic E-state index is -0.783. The van der Waals surface area contributed by atoms with Crippen LogP contribution >= 0.6 is 0 Å². The smallest absolute Gasteiger partial charge is 0.220 e. The molecule has 0 saturated heterocycles. The Morgan fingerprint density at radius 3 is 2.31 bits per heavy atom. The number of ketones is 1. The van der Waals surface area contributed by atoms with Crippen molar-refractivity contribution in [2.45, 2.75) is 141 Å².